The zero-order chi connectivity index (χ0) is 37.6. The minimum absolute atomic E-state index is 0.116. The van der Waals surface area contributed by atoms with E-state index in [2.05, 4.69) is 25.3 Å². The number of hydrogen-bond donors (Lipinski definition) is 2. The molecule has 2 aliphatic carbocycles. The minimum atomic E-state index is -1.33. The summed E-state index contributed by atoms with van der Waals surface area (Å²) in [6, 6.07) is 15.2. The van der Waals surface area contributed by atoms with Crippen LogP contribution in [0.2, 0.25) is 0 Å². The molecule has 5 rings (SSSR count). The summed E-state index contributed by atoms with van der Waals surface area (Å²) in [4.78, 5) is 21.8. The zero-order valence-corrected chi connectivity index (χ0v) is 31.5. The first kappa shape index (κ1) is 40.1. The second-order valence-electron chi connectivity index (χ2n) is 14.0. The van der Waals surface area contributed by atoms with Gasteiger partial charge >= 0.3 is 6.09 Å². The van der Waals surface area contributed by atoms with E-state index in [1.165, 1.54) is 0 Å². The van der Waals surface area contributed by atoms with Crippen LogP contribution in [0.25, 0.3) is 0 Å². The molecular formula is C43H58N2O8. The van der Waals surface area contributed by atoms with Gasteiger partial charge in [0.2, 0.25) is 5.79 Å². The molecule has 3 aliphatic rings. The summed E-state index contributed by atoms with van der Waals surface area (Å²) in [5.74, 6) is -0.233. The molecule has 53 heavy (non-hydrogen) atoms. The van der Waals surface area contributed by atoms with E-state index in [-0.39, 0.29) is 50.8 Å². The van der Waals surface area contributed by atoms with E-state index in [4.69, 9.17) is 28.9 Å². The third kappa shape index (κ3) is 9.16. The fraction of sp³-hybridized carbons (Fsp3) is 0.535. The molecule has 2 N–H and O–H groups in total. The van der Waals surface area contributed by atoms with Crippen molar-refractivity contribution in [2.45, 2.75) is 89.6 Å². The maximum Gasteiger partial charge on any atom is 0.410 e. The number of nitrogens with zero attached hydrogens (tertiary/aromatic N) is 2. The van der Waals surface area contributed by atoms with Crippen LogP contribution in [0.4, 0.5) is 4.79 Å². The van der Waals surface area contributed by atoms with Crippen LogP contribution in [0.5, 0.6) is 11.5 Å². The average Bonchev–Trinajstić information content (AvgIpc) is 3.17. The Hall–Kier alpha value is -4.12. The third-order valence-electron chi connectivity index (χ3n) is 10.6. The maximum atomic E-state index is 13.9. The van der Waals surface area contributed by atoms with Crippen molar-refractivity contribution in [1.29, 1.82) is 0 Å². The number of aliphatic hydroxyl groups is 2. The largest absolute Gasteiger partial charge is 0.490 e. The first-order valence-corrected chi connectivity index (χ1v) is 19.4. The second kappa shape index (κ2) is 19.8. The number of unbranched alkanes of at least 4 members (excludes halogenated alkanes) is 2. The summed E-state index contributed by atoms with van der Waals surface area (Å²) in [7, 11) is 0. The van der Waals surface area contributed by atoms with Gasteiger partial charge in [0.05, 0.1) is 24.8 Å². The second-order valence-corrected chi connectivity index (χ2v) is 14.0. The van der Waals surface area contributed by atoms with Crippen molar-refractivity contribution in [2.75, 3.05) is 39.6 Å². The van der Waals surface area contributed by atoms with Gasteiger partial charge in [-0.15, -0.1) is 6.58 Å². The number of rotatable bonds is 21. The highest BCUT2D eigenvalue weighted by Gasteiger charge is 2.65. The van der Waals surface area contributed by atoms with Crippen LogP contribution < -0.4 is 9.47 Å². The number of ether oxygens (including phenoxy) is 4. The summed E-state index contributed by atoms with van der Waals surface area (Å²) in [5.41, 5.74) is 3.73. The van der Waals surface area contributed by atoms with Gasteiger partial charge in [-0.1, -0.05) is 80.1 Å². The molecule has 1 heterocycles. The molecule has 2 aromatic rings. The van der Waals surface area contributed by atoms with Gasteiger partial charge < -0.3 is 34.0 Å². The number of hydrogen-bond acceptors (Lipinski definition) is 9. The summed E-state index contributed by atoms with van der Waals surface area (Å²) in [5, 5.41) is 24.5. The van der Waals surface area contributed by atoms with Gasteiger partial charge in [-0.2, -0.15) is 0 Å². The highest BCUT2D eigenvalue weighted by atomic mass is 16.7. The number of carbonyl (C=O) groups is 1. The standard InChI is InChI=1S/C43H58N2O8/c1-5-22-45(42(48)49-8-4)39-29-37(44-52-30-31-16-10-9-11-17-31)35-27-32(18-12-14-23-46)34(19-13-15-24-47)40-36-28-33(50-25-6-2)20-21-38(36)53-43(39,41(35)40)51-26-7-3/h6-7,9-11,16-17,20-21,27-28,32,34,39-41,46-47H,2-3,5,8,12-15,18-19,22-26,29-30H2,1,4H3/t32-,34+,39-,40+,41+,43+/m0/s1. The molecule has 0 radical (unpaired) electrons. The van der Waals surface area contributed by atoms with Crippen molar-refractivity contribution in [2.24, 2.45) is 22.9 Å². The molecule has 0 spiro atoms. The van der Waals surface area contributed by atoms with E-state index in [1.807, 2.05) is 56.3 Å². The van der Waals surface area contributed by atoms with E-state index < -0.39 is 23.8 Å². The first-order valence-electron chi connectivity index (χ1n) is 19.4. The number of aliphatic hydroxyl groups excluding tert-OH is 2. The van der Waals surface area contributed by atoms with Gasteiger partial charge in [0.25, 0.3) is 0 Å². The highest BCUT2D eigenvalue weighted by molar-refractivity contribution is 6.03. The molecule has 1 amide bonds. The lowest BCUT2D eigenvalue weighted by Crippen LogP contribution is -2.70. The molecule has 10 heteroatoms. The Kier molecular flexibility index (Phi) is 15.0. The van der Waals surface area contributed by atoms with Gasteiger partial charge in [0.15, 0.2) is 0 Å². The van der Waals surface area contributed by atoms with Crippen molar-refractivity contribution in [3.8, 4) is 11.5 Å². The topological polar surface area (TPSA) is 119 Å². The molecule has 1 aliphatic heterocycles. The number of carbonyl (C=O) groups excluding carboxylic acids is 1. The number of oxime groups is 1. The van der Waals surface area contributed by atoms with Crippen molar-refractivity contribution in [3.63, 3.8) is 0 Å². The van der Waals surface area contributed by atoms with Crippen LogP contribution in [0.1, 0.15) is 82.3 Å². The Morgan fingerprint density at radius 2 is 1.77 bits per heavy atom. The van der Waals surface area contributed by atoms with Gasteiger partial charge in [0, 0.05) is 37.7 Å². The van der Waals surface area contributed by atoms with Crippen LogP contribution in [0.3, 0.4) is 0 Å². The Morgan fingerprint density at radius 1 is 1.02 bits per heavy atom. The lowest BCUT2D eigenvalue weighted by atomic mass is 9.55. The SMILES string of the molecule is C=CCOc1ccc2c(c1)[C@H]1[C@H](CCCCO)[C@@H](CCCCO)C=C3C(=NOCc4ccccc4)C[C@H](N(CCC)C(=O)OCC)[C@@](OCC=C)(O2)[C@H]31. The van der Waals surface area contributed by atoms with E-state index in [1.54, 1.807) is 17.1 Å². The smallest absolute Gasteiger partial charge is 0.410 e. The minimum Gasteiger partial charge on any atom is -0.490 e. The number of fused-ring (bicyclic) bond motifs is 2. The quantitative estimate of drug-likeness (QED) is 0.0755. The fourth-order valence-corrected chi connectivity index (χ4v) is 8.47. The molecule has 6 atom stereocenters. The van der Waals surface area contributed by atoms with Gasteiger partial charge in [-0.3, -0.25) is 4.90 Å². The molecule has 0 saturated heterocycles. The molecule has 0 unspecified atom stereocenters. The first-order chi connectivity index (χ1) is 26.0. The Bertz CT molecular complexity index is 1560. The molecule has 10 nitrogen and oxygen atoms in total. The molecular weight excluding hydrogens is 672 g/mol. The van der Waals surface area contributed by atoms with Gasteiger partial charge in [-0.05, 0) is 80.2 Å². The van der Waals surface area contributed by atoms with E-state index in [0.29, 0.717) is 50.3 Å². The predicted molar refractivity (Wildman–Crippen MR) is 206 cm³/mol. The molecule has 1 saturated carbocycles. The lowest BCUT2D eigenvalue weighted by molar-refractivity contribution is -0.255. The number of allylic oxidation sites excluding steroid dienone is 1. The zero-order valence-electron chi connectivity index (χ0n) is 31.5. The van der Waals surface area contributed by atoms with E-state index in [9.17, 15) is 15.0 Å². The summed E-state index contributed by atoms with van der Waals surface area (Å²) >= 11 is 0. The van der Waals surface area contributed by atoms with Gasteiger partial charge in [-0.25, -0.2) is 4.79 Å². The fourth-order valence-electron chi connectivity index (χ4n) is 8.47. The lowest BCUT2D eigenvalue weighted by Gasteiger charge is -2.59. The van der Waals surface area contributed by atoms with Gasteiger partial charge in [0.1, 0.15) is 30.8 Å². The number of amides is 1. The van der Waals surface area contributed by atoms with Crippen molar-refractivity contribution in [3.05, 3.63) is 96.6 Å². The molecule has 288 valence electrons. The van der Waals surface area contributed by atoms with Crippen LogP contribution >= 0.6 is 0 Å². The molecule has 0 bridgehead atoms. The average molecular weight is 731 g/mol. The summed E-state index contributed by atoms with van der Waals surface area (Å²) < 4.78 is 26.0. The normalized spacial score (nSPS) is 24.9. The van der Waals surface area contributed by atoms with Crippen LogP contribution in [0.15, 0.2) is 90.6 Å². The van der Waals surface area contributed by atoms with E-state index >= 15 is 0 Å². The maximum absolute atomic E-state index is 13.9. The summed E-state index contributed by atoms with van der Waals surface area (Å²) in [6.45, 7) is 13.4. The Balaban J connectivity index is 1.76. The summed E-state index contributed by atoms with van der Waals surface area (Å²) in [6.07, 6.45) is 11.2. The third-order valence-corrected chi connectivity index (χ3v) is 10.6. The van der Waals surface area contributed by atoms with Crippen molar-refractivity contribution < 1.29 is 38.8 Å². The van der Waals surface area contributed by atoms with Crippen LogP contribution in [-0.4, -0.2) is 78.3 Å². The monoisotopic (exact) mass is 730 g/mol. The Labute approximate surface area is 315 Å². The Morgan fingerprint density at radius 3 is 2.47 bits per heavy atom. The van der Waals surface area contributed by atoms with Crippen LogP contribution in [0, 0.1) is 17.8 Å². The molecule has 2 aromatic carbocycles. The van der Waals surface area contributed by atoms with Crippen molar-refractivity contribution >= 4 is 11.8 Å². The van der Waals surface area contributed by atoms with Crippen molar-refractivity contribution in [1.82, 2.24) is 4.90 Å². The van der Waals surface area contributed by atoms with E-state index in [0.717, 1.165) is 48.1 Å². The predicted octanol–water partition coefficient (Wildman–Crippen LogP) is 7.95. The molecule has 1 fully saturated rings. The van der Waals surface area contributed by atoms with Crippen LogP contribution in [-0.2, 0) is 20.9 Å². The number of benzene rings is 2. The highest BCUT2D eigenvalue weighted by Crippen LogP contribution is 2.62. The molecule has 0 aromatic heterocycles.